The normalized spacial score (nSPS) is 11.1. The minimum atomic E-state index is -3.99. The number of hydrogen-bond acceptors (Lipinski definition) is 5. The van der Waals surface area contributed by atoms with Gasteiger partial charge in [0.05, 0.1) is 36.4 Å². The first-order valence-electron chi connectivity index (χ1n) is 10.0. The summed E-state index contributed by atoms with van der Waals surface area (Å²) in [5.41, 5.74) is 1.35. The van der Waals surface area contributed by atoms with E-state index in [9.17, 15) is 13.2 Å². The topological polar surface area (TPSA) is 84.9 Å². The Labute approximate surface area is 188 Å². The van der Waals surface area contributed by atoms with Gasteiger partial charge in [-0.1, -0.05) is 42.5 Å². The predicted molar refractivity (Wildman–Crippen MR) is 123 cm³/mol. The molecule has 1 amide bonds. The fourth-order valence-electron chi connectivity index (χ4n) is 3.17. The highest BCUT2D eigenvalue weighted by atomic mass is 32.2. The molecule has 0 radical (unpaired) electrons. The van der Waals surface area contributed by atoms with Gasteiger partial charge in [0.15, 0.2) is 0 Å². The molecule has 0 saturated heterocycles. The summed E-state index contributed by atoms with van der Waals surface area (Å²) in [5, 5.41) is 2.76. The second kappa shape index (κ2) is 10.8. The van der Waals surface area contributed by atoms with E-state index in [0.29, 0.717) is 24.6 Å². The van der Waals surface area contributed by atoms with Crippen LogP contribution in [0.15, 0.2) is 83.8 Å². The van der Waals surface area contributed by atoms with Crippen molar-refractivity contribution in [3.05, 3.63) is 90.0 Å². The number of nitrogens with one attached hydrogen (secondary N) is 1. The van der Waals surface area contributed by atoms with Crippen molar-refractivity contribution in [2.45, 2.75) is 11.4 Å². The summed E-state index contributed by atoms with van der Waals surface area (Å²) in [6.45, 7) is 0.733. The summed E-state index contributed by atoms with van der Waals surface area (Å²) < 4.78 is 38.8. The lowest BCUT2D eigenvalue weighted by Gasteiger charge is -2.26. The lowest BCUT2D eigenvalue weighted by atomic mass is 10.1. The average Bonchev–Trinajstić information content (AvgIpc) is 2.83. The number of rotatable bonds is 10. The maximum Gasteiger partial charge on any atom is 0.264 e. The van der Waals surface area contributed by atoms with Gasteiger partial charge in [-0.25, -0.2) is 8.42 Å². The number of para-hydroxylation sites is 1. The molecule has 0 aliphatic carbocycles. The van der Waals surface area contributed by atoms with Gasteiger partial charge in [-0.3, -0.25) is 9.10 Å². The molecule has 0 aromatic heterocycles. The van der Waals surface area contributed by atoms with Crippen molar-refractivity contribution in [2.75, 3.05) is 31.7 Å². The van der Waals surface area contributed by atoms with Crippen LogP contribution in [0.4, 0.5) is 5.69 Å². The van der Waals surface area contributed by atoms with Crippen molar-refractivity contribution in [3.63, 3.8) is 0 Å². The van der Waals surface area contributed by atoms with E-state index in [0.717, 1.165) is 5.56 Å². The molecule has 1 N–H and O–H groups in total. The van der Waals surface area contributed by atoms with E-state index in [1.807, 2.05) is 30.3 Å². The van der Waals surface area contributed by atoms with Crippen molar-refractivity contribution in [3.8, 4) is 5.75 Å². The number of methoxy groups -OCH3 is 2. The minimum absolute atomic E-state index is 0.0670. The molecular weight excluding hydrogens is 428 g/mol. The van der Waals surface area contributed by atoms with Gasteiger partial charge >= 0.3 is 0 Å². The van der Waals surface area contributed by atoms with Crippen molar-refractivity contribution in [2.24, 2.45) is 0 Å². The van der Waals surface area contributed by atoms with Crippen molar-refractivity contribution >= 4 is 21.6 Å². The van der Waals surface area contributed by atoms with Gasteiger partial charge < -0.3 is 14.8 Å². The maximum absolute atomic E-state index is 13.7. The van der Waals surface area contributed by atoms with Crippen molar-refractivity contribution < 1.29 is 22.7 Å². The minimum Gasteiger partial charge on any atom is -0.497 e. The lowest BCUT2D eigenvalue weighted by molar-refractivity contribution is 0.0937. The second-order valence-corrected chi connectivity index (χ2v) is 8.80. The van der Waals surface area contributed by atoms with E-state index in [-0.39, 0.29) is 22.9 Å². The largest absolute Gasteiger partial charge is 0.497 e. The number of nitrogens with zero attached hydrogens (tertiary/aromatic N) is 1. The molecule has 3 aromatic carbocycles. The molecule has 3 aromatic rings. The summed E-state index contributed by atoms with van der Waals surface area (Å²) >= 11 is 0. The number of sulfonamides is 1. The SMILES string of the molecule is COCCNC(=O)c1ccccc1N(Cc1ccccc1)S(=O)(=O)c1ccc(OC)cc1. The molecular formula is C24H26N2O5S. The van der Waals surface area contributed by atoms with Crippen LogP contribution in [0.5, 0.6) is 5.75 Å². The fourth-order valence-corrected chi connectivity index (χ4v) is 4.64. The molecule has 7 nitrogen and oxygen atoms in total. The zero-order valence-corrected chi connectivity index (χ0v) is 18.8. The Hall–Kier alpha value is -3.36. The highest BCUT2D eigenvalue weighted by Crippen LogP contribution is 2.30. The number of anilines is 1. The molecule has 8 heteroatoms. The molecule has 0 heterocycles. The summed E-state index contributed by atoms with van der Waals surface area (Å²) in [6, 6.07) is 22.1. The first kappa shape index (κ1) is 23.3. The van der Waals surface area contributed by atoms with Gasteiger partial charge in [0.2, 0.25) is 0 Å². The number of amides is 1. The summed E-state index contributed by atoms with van der Waals surface area (Å²) in [4.78, 5) is 12.9. The highest BCUT2D eigenvalue weighted by molar-refractivity contribution is 7.92. The summed E-state index contributed by atoms with van der Waals surface area (Å²) in [5.74, 6) is 0.178. The first-order valence-corrected chi connectivity index (χ1v) is 11.5. The van der Waals surface area contributed by atoms with Crippen molar-refractivity contribution in [1.82, 2.24) is 5.32 Å². The van der Waals surface area contributed by atoms with E-state index >= 15 is 0 Å². The van der Waals surface area contributed by atoms with Crippen LogP contribution in [0.3, 0.4) is 0 Å². The van der Waals surface area contributed by atoms with Crippen LogP contribution in [0.1, 0.15) is 15.9 Å². The fraction of sp³-hybridized carbons (Fsp3) is 0.208. The number of benzene rings is 3. The van der Waals surface area contributed by atoms with E-state index < -0.39 is 10.0 Å². The van der Waals surface area contributed by atoms with Crippen LogP contribution in [-0.2, 0) is 21.3 Å². The summed E-state index contributed by atoms with van der Waals surface area (Å²) in [7, 11) is -0.923. The third-order valence-corrected chi connectivity index (χ3v) is 6.60. The smallest absolute Gasteiger partial charge is 0.264 e. The van der Waals surface area contributed by atoms with Crippen LogP contribution in [0.25, 0.3) is 0 Å². The van der Waals surface area contributed by atoms with Gasteiger partial charge in [-0.05, 0) is 42.0 Å². The standard InChI is InChI=1S/C24H26N2O5S/c1-30-17-16-25-24(27)22-10-6-7-11-23(22)26(18-19-8-4-3-5-9-19)32(28,29)21-14-12-20(31-2)13-15-21/h3-15H,16-18H2,1-2H3,(H,25,27). The Bertz CT molecular complexity index is 1130. The van der Waals surface area contributed by atoms with Crippen LogP contribution in [0.2, 0.25) is 0 Å². The van der Waals surface area contributed by atoms with E-state index in [1.54, 1.807) is 43.5 Å². The van der Waals surface area contributed by atoms with Gasteiger partial charge in [-0.15, -0.1) is 0 Å². The molecule has 0 atom stereocenters. The monoisotopic (exact) mass is 454 g/mol. The molecule has 0 saturated carbocycles. The molecule has 0 fully saturated rings. The second-order valence-electron chi connectivity index (χ2n) is 6.94. The maximum atomic E-state index is 13.7. The molecule has 0 unspecified atom stereocenters. The Morgan fingerprint density at radius 3 is 2.22 bits per heavy atom. The van der Waals surface area contributed by atoms with Gasteiger partial charge in [0, 0.05) is 13.7 Å². The summed E-state index contributed by atoms with van der Waals surface area (Å²) in [6.07, 6.45) is 0. The third-order valence-electron chi connectivity index (χ3n) is 4.83. The van der Waals surface area contributed by atoms with Gasteiger partial charge in [0.1, 0.15) is 5.75 Å². The molecule has 168 valence electrons. The number of hydrogen-bond donors (Lipinski definition) is 1. The lowest BCUT2D eigenvalue weighted by Crippen LogP contribution is -2.34. The van der Waals surface area contributed by atoms with Gasteiger partial charge in [0.25, 0.3) is 15.9 Å². The van der Waals surface area contributed by atoms with Gasteiger partial charge in [-0.2, -0.15) is 0 Å². The van der Waals surface area contributed by atoms with Crippen LogP contribution in [-0.4, -0.2) is 41.7 Å². The molecule has 0 spiro atoms. The Morgan fingerprint density at radius 2 is 1.56 bits per heavy atom. The van der Waals surface area contributed by atoms with Crippen LogP contribution in [0, 0.1) is 0 Å². The predicted octanol–water partition coefficient (Wildman–Crippen LogP) is 3.47. The van der Waals surface area contributed by atoms with E-state index in [4.69, 9.17) is 9.47 Å². The highest BCUT2D eigenvalue weighted by Gasteiger charge is 2.28. The molecule has 0 aliphatic rings. The van der Waals surface area contributed by atoms with Crippen LogP contribution < -0.4 is 14.4 Å². The Balaban J connectivity index is 2.07. The Morgan fingerprint density at radius 1 is 0.906 bits per heavy atom. The van der Waals surface area contributed by atoms with E-state index in [1.165, 1.54) is 23.5 Å². The number of carbonyl (C=O) groups is 1. The number of ether oxygens (including phenoxy) is 2. The quantitative estimate of drug-likeness (QED) is 0.474. The molecule has 3 rings (SSSR count). The van der Waals surface area contributed by atoms with Crippen molar-refractivity contribution in [1.29, 1.82) is 0 Å². The molecule has 0 aliphatic heterocycles. The Kier molecular flexibility index (Phi) is 7.86. The zero-order chi connectivity index (χ0) is 23.0. The average molecular weight is 455 g/mol. The third kappa shape index (κ3) is 5.46. The molecule has 0 bridgehead atoms. The zero-order valence-electron chi connectivity index (χ0n) is 18.0. The first-order chi connectivity index (χ1) is 15.5. The molecule has 32 heavy (non-hydrogen) atoms. The van der Waals surface area contributed by atoms with Crippen LogP contribution >= 0.6 is 0 Å². The number of carbonyl (C=O) groups excluding carboxylic acids is 1. The van der Waals surface area contributed by atoms with E-state index in [2.05, 4.69) is 5.32 Å².